The zero-order chi connectivity index (χ0) is 10.5. The van der Waals surface area contributed by atoms with Gasteiger partial charge in [-0.25, -0.2) is 9.97 Å². The first-order valence-corrected chi connectivity index (χ1v) is 5.49. The molecule has 1 fully saturated rings. The van der Waals surface area contributed by atoms with Crippen LogP contribution in [0, 0.1) is 5.92 Å². The standard InChI is InChI=1S/C11H17N3O/c1-2-13-11(9-4-6-15-7-9)10-3-5-12-8-14-10/h3,5,8-9,11,13H,2,4,6-7H2,1H3. The molecule has 1 aliphatic heterocycles. The van der Waals surface area contributed by atoms with Crippen molar-refractivity contribution in [2.75, 3.05) is 19.8 Å². The fraction of sp³-hybridized carbons (Fsp3) is 0.636. The predicted molar refractivity (Wildman–Crippen MR) is 57.4 cm³/mol. The van der Waals surface area contributed by atoms with Crippen molar-refractivity contribution >= 4 is 0 Å². The lowest BCUT2D eigenvalue weighted by atomic mass is 9.96. The first kappa shape index (κ1) is 10.5. The minimum absolute atomic E-state index is 0.306. The molecule has 4 nitrogen and oxygen atoms in total. The predicted octanol–water partition coefficient (Wildman–Crippen LogP) is 1.16. The van der Waals surface area contributed by atoms with Gasteiger partial charge < -0.3 is 10.1 Å². The van der Waals surface area contributed by atoms with Crippen LogP contribution in [0.1, 0.15) is 25.1 Å². The van der Waals surface area contributed by atoms with E-state index in [-0.39, 0.29) is 0 Å². The summed E-state index contributed by atoms with van der Waals surface area (Å²) in [5.74, 6) is 0.542. The summed E-state index contributed by atoms with van der Waals surface area (Å²) < 4.78 is 5.42. The second kappa shape index (κ2) is 5.19. The molecule has 2 rings (SSSR count). The fourth-order valence-electron chi connectivity index (χ4n) is 2.03. The summed E-state index contributed by atoms with van der Waals surface area (Å²) in [6, 6.07) is 2.28. The Kier molecular flexibility index (Phi) is 3.64. The van der Waals surface area contributed by atoms with E-state index in [1.165, 1.54) is 0 Å². The molecule has 1 aromatic heterocycles. The maximum Gasteiger partial charge on any atom is 0.115 e. The first-order valence-electron chi connectivity index (χ1n) is 5.49. The molecule has 0 spiro atoms. The Morgan fingerprint density at radius 1 is 1.67 bits per heavy atom. The van der Waals surface area contributed by atoms with E-state index < -0.39 is 0 Å². The van der Waals surface area contributed by atoms with E-state index in [4.69, 9.17) is 4.74 Å². The van der Waals surface area contributed by atoms with Gasteiger partial charge in [0, 0.05) is 18.7 Å². The van der Waals surface area contributed by atoms with Gasteiger partial charge >= 0.3 is 0 Å². The van der Waals surface area contributed by atoms with E-state index in [1.54, 1.807) is 12.5 Å². The van der Waals surface area contributed by atoms with Crippen molar-refractivity contribution < 1.29 is 4.74 Å². The van der Waals surface area contributed by atoms with Gasteiger partial charge in [-0.1, -0.05) is 6.92 Å². The Hall–Kier alpha value is -1.00. The van der Waals surface area contributed by atoms with E-state index in [2.05, 4.69) is 22.2 Å². The van der Waals surface area contributed by atoms with E-state index >= 15 is 0 Å². The first-order chi connectivity index (χ1) is 7.42. The zero-order valence-electron chi connectivity index (χ0n) is 9.02. The third-order valence-electron chi connectivity index (χ3n) is 2.78. The molecule has 2 heterocycles. The second-order valence-electron chi connectivity index (χ2n) is 3.79. The van der Waals surface area contributed by atoms with Crippen LogP contribution in [-0.2, 0) is 4.74 Å². The SMILES string of the molecule is CCNC(c1ccncn1)C1CCOC1. The summed E-state index contributed by atoms with van der Waals surface area (Å²) >= 11 is 0. The van der Waals surface area contributed by atoms with Crippen molar-refractivity contribution in [1.29, 1.82) is 0 Å². The van der Waals surface area contributed by atoms with E-state index in [1.807, 2.05) is 6.07 Å². The van der Waals surface area contributed by atoms with Gasteiger partial charge in [-0.15, -0.1) is 0 Å². The summed E-state index contributed by atoms with van der Waals surface area (Å²) in [7, 11) is 0. The van der Waals surface area contributed by atoms with Gasteiger partial charge in [0.05, 0.1) is 18.3 Å². The molecule has 0 amide bonds. The lowest BCUT2D eigenvalue weighted by Crippen LogP contribution is -2.29. The van der Waals surface area contributed by atoms with E-state index in [0.29, 0.717) is 12.0 Å². The van der Waals surface area contributed by atoms with Crippen molar-refractivity contribution in [2.45, 2.75) is 19.4 Å². The number of nitrogens with one attached hydrogen (secondary N) is 1. The molecule has 0 radical (unpaired) electrons. The normalized spacial score (nSPS) is 22.9. The number of rotatable bonds is 4. The van der Waals surface area contributed by atoms with Gasteiger partial charge in [0.2, 0.25) is 0 Å². The van der Waals surface area contributed by atoms with Crippen LogP contribution in [0.2, 0.25) is 0 Å². The Morgan fingerprint density at radius 3 is 3.20 bits per heavy atom. The van der Waals surface area contributed by atoms with Crippen LogP contribution >= 0.6 is 0 Å². The van der Waals surface area contributed by atoms with Crippen LogP contribution in [0.25, 0.3) is 0 Å². The summed E-state index contributed by atoms with van der Waals surface area (Å²) in [6.07, 6.45) is 4.51. The highest BCUT2D eigenvalue weighted by molar-refractivity contribution is 5.07. The molecule has 1 saturated heterocycles. The van der Waals surface area contributed by atoms with Crippen LogP contribution in [-0.4, -0.2) is 29.7 Å². The Balaban J connectivity index is 2.11. The van der Waals surface area contributed by atoms with Gasteiger partial charge in [0.15, 0.2) is 0 Å². The largest absolute Gasteiger partial charge is 0.381 e. The van der Waals surface area contributed by atoms with Crippen LogP contribution in [0.15, 0.2) is 18.6 Å². The molecule has 1 aromatic rings. The Morgan fingerprint density at radius 2 is 2.60 bits per heavy atom. The highest BCUT2D eigenvalue weighted by atomic mass is 16.5. The molecule has 2 atom stereocenters. The van der Waals surface area contributed by atoms with E-state index in [0.717, 1.165) is 31.9 Å². The quantitative estimate of drug-likeness (QED) is 0.805. The molecule has 0 saturated carbocycles. The third kappa shape index (κ3) is 2.52. The maximum absolute atomic E-state index is 5.42. The van der Waals surface area contributed by atoms with Crippen LogP contribution < -0.4 is 5.32 Å². The van der Waals surface area contributed by atoms with Gasteiger partial charge in [0.25, 0.3) is 0 Å². The number of hydrogen-bond donors (Lipinski definition) is 1. The molecule has 82 valence electrons. The highest BCUT2D eigenvalue weighted by Crippen LogP contribution is 2.27. The average Bonchev–Trinajstić information content (AvgIpc) is 2.80. The molecule has 2 unspecified atom stereocenters. The molecule has 0 aliphatic carbocycles. The monoisotopic (exact) mass is 207 g/mol. The second-order valence-corrected chi connectivity index (χ2v) is 3.79. The third-order valence-corrected chi connectivity index (χ3v) is 2.78. The van der Waals surface area contributed by atoms with Crippen molar-refractivity contribution in [3.8, 4) is 0 Å². The van der Waals surface area contributed by atoms with Crippen LogP contribution in [0.5, 0.6) is 0 Å². The van der Waals surface area contributed by atoms with E-state index in [9.17, 15) is 0 Å². The number of nitrogens with zero attached hydrogens (tertiary/aromatic N) is 2. The maximum atomic E-state index is 5.42. The molecule has 4 heteroatoms. The van der Waals surface area contributed by atoms with Crippen molar-refractivity contribution in [2.24, 2.45) is 5.92 Å². The topological polar surface area (TPSA) is 47.0 Å². The number of hydrogen-bond acceptors (Lipinski definition) is 4. The fourth-order valence-corrected chi connectivity index (χ4v) is 2.03. The molecular formula is C11H17N3O. The summed E-state index contributed by atoms with van der Waals surface area (Å²) in [6.45, 7) is 4.77. The van der Waals surface area contributed by atoms with Gasteiger partial charge in [-0.2, -0.15) is 0 Å². The molecule has 1 N–H and O–H groups in total. The molecular weight excluding hydrogens is 190 g/mol. The minimum atomic E-state index is 0.306. The summed E-state index contributed by atoms with van der Waals surface area (Å²) in [4.78, 5) is 8.26. The summed E-state index contributed by atoms with van der Waals surface area (Å²) in [5.41, 5.74) is 1.07. The van der Waals surface area contributed by atoms with Gasteiger partial charge in [-0.3, -0.25) is 0 Å². The molecule has 1 aliphatic rings. The van der Waals surface area contributed by atoms with Crippen LogP contribution in [0.4, 0.5) is 0 Å². The van der Waals surface area contributed by atoms with Crippen molar-refractivity contribution in [1.82, 2.24) is 15.3 Å². The lowest BCUT2D eigenvalue weighted by Gasteiger charge is -2.22. The minimum Gasteiger partial charge on any atom is -0.381 e. The lowest BCUT2D eigenvalue weighted by molar-refractivity contribution is 0.176. The van der Waals surface area contributed by atoms with Crippen molar-refractivity contribution in [3.05, 3.63) is 24.3 Å². The Bertz CT molecular complexity index is 285. The average molecular weight is 207 g/mol. The molecule has 0 aromatic carbocycles. The van der Waals surface area contributed by atoms with Gasteiger partial charge in [0.1, 0.15) is 6.33 Å². The van der Waals surface area contributed by atoms with Crippen LogP contribution in [0.3, 0.4) is 0 Å². The molecule has 15 heavy (non-hydrogen) atoms. The Labute approximate surface area is 90.1 Å². The summed E-state index contributed by atoms with van der Waals surface area (Å²) in [5, 5.41) is 3.47. The highest BCUT2D eigenvalue weighted by Gasteiger charge is 2.27. The number of aromatic nitrogens is 2. The zero-order valence-corrected chi connectivity index (χ0v) is 9.02. The van der Waals surface area contributed by atoms with Crippen molar-refractivity contribution in [3.63, 3.8) is 0 Å². The smallest absolute Gasteiger partial charge is 0.115 e. The molecule has 0 bridgehead atoms. The van der Waals surface area contributed by atoms with Gasteiger partial charge in [-0.05, 0) is 19.0 Å². The number of ether oxygens (including phenoxy) is 1.